The van der Waals surface area contributed by atoms with Gasteiger partial charge in [-0.3, -0.25) is 9.59 Å². The van der Waals surface area contributed by atoms with Crippen LogP contribution >= 0.6 is 0 Å². The SMILES string of the molecule is CCOC(=O)C1CCN(CCc2ccc(NC(C)C=C3C(=O)Nc4cc(OC)c(OC)cc43)cc2)CC1. The first kappa shape index (κ1) is 26.5. The number of carbonyl (C=O) groups is 2. The third-order valence-electron chi connectivity index (χ3n) is 7.00. The molecule has 2 aliphatic rings. The summed E-state index contributed by atoms with van der Waals surface area (Å²) in [5.74, 6) is 1.03. The zero-order valence-electron chi connectivity index (χ0n) is 22.1. The molecule has 4 rings (SSSR count). The molecule has 1 unspecified atom stereocenters. The van der Waals surface area contributed by atoms with Gasteiger partial charge in [-0.15, -0.1) is 0 Å². The average Bonchev–Trinajstić information content (AvgIpc) is 3.21. The summed E-state index contributed by atoms with van der Waals surface area (Å²) >= 11 is 0. The third kappa shape index (κ3) is 6.43. The topological polar surface area (TPSA) is 89.1 Å². The number of likely N-dealkylation sites (tertiary alicyclic amines) is 1. The molecule has 2 aromatic rings. The van der Waals surface area contributed by atoms with Crippen molar-refractivity contribution < 1.29 is 23.8 Å². The fourth-order valence-electron chi connectivity index (χ4n) is 4.94. The summed E-state index contributed by atoms with van der Waals surface area (Å²) in [7, 11) is 3.16. The van der Waals surface area contributed by atoms with Gasteiger partial charge in [0, 0.05) is 35.5 Å². The first-order valence-electron chi connectivity index (χ1n) is 13.0. The van der Waals surface area contributed by atoms with Crippen LogP contribution in [0.5, 0.6) is 11.5 Å². The van der Waals surface area contributed by atoms with E-state index in [4.69, 9.17) is 14.2 Å². The van der Waals surface area contributed by atoms with Gasteiger partial charge < -0.3 is 29.7 Å². The lowest BCUT2D eigenvalue weighted by Crippen LogP contribution is -2.38. The Bertz CT molecular complexity index is 1140. The number of hydrogen-bond acceptors (Lipinski definition) is 7. The lowest BCUT2D eigenvalue weighted by atomic mass is 9.96. The number of hydrogen-bond donors (Lipinski definition) is 2. The molecular weight excluding hydrogens is 470 g/mol. The van der Waals surface area contributed by atoms with E-state index < -0.39 is 0 Å². The standard InChI is InChI=1S/C29H37N3O5/c1-5-37-29(34)21-11-14-32(15-12-21)13-10-20-6-8-22(9-7-20)30-19(2)16-24-23-17-26(35-3)27(36-4)18-25(23)31-28(24)33/h6-9,16-19,21,30H,5,10-15H2,1-4H3,(H,31,33). The van der Waals surface area contributed by atoms with Gasteiger partial charge in [0.1, 0.15) is 0 Å². The minimum Gasteiger partial charge on any atom is -0.493 e. The van der Waals surface area contributed by atoms with Crippen molar-refractivity contribution >= 4 is 28.8 Å². The van der Waals surface area contributed by atoms with Gasteiger partial charge in [-0.05, 0) is 76.0 Å². The van der Waals surface area contributed by atoms with Gasteiger partial charge in [0.25, 0.3) is 5.91 Å². The molecule has 0 radical (unpaired) electrons. The maximum atomic E-state index is 12.6. The van der Waals surface area contributed by atoms with Crippen molar-refractivity contribution in [2.75, 3.05) is 51.1 Å². The van der Waals surface area contributed by atoms with Gasteiger partial charge in [-0.1, -0.05) is 12.1 Å². The number of fused-ring (bicyclic) bond motifs is 1. The maximum absolute atomic E-state index is 12.6. The molecular formula is C29H37N3O5. The number of rotatable bonds is 10. The lowest BCUT2D eigenvalue weighted by molar-refractivity contribution is -0.149. The number of piperidine rings is 1. The van der Waals surface area contributed by atoms with Gasteiger partial charge in [-0.25, -0.2) is 0 Å². The Kier molecular flexibility index (Phi) is 8.71. The molecule has 2 aliphatic heterocycles. The highest BCUT2D eigenvalue weighted by molar-refractivity contribution is 6.31. The number of anilines is 2. The third-order valence-corrected chi connectivity index (χ3v) is 7.00. The van der Waals surface area contributed by atoms with Crippen molar-refractivity contribution in [3.8, 4) is 11.5 Å². The molecule has 0 saturated carbocycles. The molecule has 0 bridgehead atoms. The van der Waals surface area contributed by atoms with Crippen molar-refractivity contribution in [2.24, 2.45) is 5.92 Å². The Morgan fingerprint density at radius 1 is 1.14 bits per heavy atom. The summed E-state index contributed by atoms with van der Waals surface area (Å²) in [6.45, 7) is 7.18. The molecule has 198 valence electrons. The van der Waals surface area contributed by atoms with E-state index in [1.165, 1.54) is 5.56 Å². The summed E-state index contributed by atoms with van der Waals surface area (Å²) in [5.41, 5.74) is 4.40. The maximum Gasteiger partial charge on any atom is 0.309 e. The largest absolute Gasteiger partial charge is 0.493 e. The Balaban J connectivity index is 1.30. The normalized spacial score (nSPS) is 17.7. The fraction of sp³-hybridized carbons (Fsp3) is 0.448. The number of methoxy groups -OCH3 is 2. The van der Waals surface area contributed by atoms with Crippen LogP contribution in [0.4, 0.5) is 11.4 Å². The number of nitrogens with zero attached hydrogens (tertiary/aromatic N) is 1. The van der Waals surface area contributed by atoms with Crippen LogP contribution in [0.1, 0.15) is 37.8 Å². The van der Waals surface area contributed by atoms with Gasteiger partial charge in [0.05, 0.1) is 32.4 Å². The van der Waals surface area contributed by atoms with Crippen molar-refractivity contribution in [3.05, 3.63) is 53.6 Å². The van der Waals surface area contributed by atoms with Gasteiger partial charge in [0.15, 0.2) is 11.5 Å². The van der Waals surface area contributed by atoms with E-state index >= 15 is 0 Å². The summed E-state index contributed by atoms with van der Waals surface area (Å²) < 4.78 is 15.9. The fourth-order valence-corrected chi connectivity index (χ4v) is 4.94. The van der Waals surface area contributed by atoms with Gasteiger partial charge >= 0.3 is 5.97 Å². The van der Waals surface area contributed by atoms with E-state index in [9.17, 15) is 9.59 Å². The molecule has 2 aromatic carbocycles. The zero-order valence-corrected chi connectivity index (χ0v) is 22.1. The molecule has 0 aromatic heterocycles. The minimum atomic E-state index is -0.138. The van der Waals surface area contributed by atoms with E-state index in [-0.39, 0.29) is 23.8 Å². The number of nitrogens with one attached hydrogen (secondary N) is 2. The Morgan fingerprint density at radius 2 is 1.81 bits per heavy atom. The summed E-state index contributed by atoms with van der Waals surface area (Å²) in [4.78, 5) is 27.0. The van der Waals surface area contributed by atoms with Crippen LogP contribution in [0, 0.1) is 5.92 Å². The summed E-state index contributed by atoms with van der Waals surface area (Å²) in [6.07, 6.45) is 4.64. The van der Waals surface area contributed by atoms with Crippen LogP contribution < -0.4 is 20.1 Å². The molecule has 1 amide bonds. The highest BCUT2D eigenvalue weighted by atomic mass is 16.5. The molecule has 8 nitrogen and oxygen atoms in total. The van der Waals surface area contributed by atoms with E-state index in [1.54, 1.807) is 20.3 Å². The molecule has 0 spiro atoms. The Labute approximate surface area is 219 Å². The van der Waals surface area contributed by atoms with Gasteiger partial charge in [0.2, 0.25) is 0 Å². The highest BCUT2D eigenvalue weighted by Crippen LogP contribution is 2.40. The van der Waals surface area contributed by atoms with Crippen molar-refractivity contribution in [2.45, 2.75) is 39.2 Å². The van der Waals surface area contributed by atoms with Crippen LogP contribution in [0.2, 0.25) is 0 Å². The van der Waals surface area contributed by atoms with E-state index in [1.807, 2.05) is 26.0 Å². The molecule has 37 heavy (non-hydrogen) atoms. The van der Waals surface area contributed by atoms with Crippen LogP contribution in [0.25, 0.3) is 5.57 Å². The monoisotopic (exact) mass is 507 g/mol. The zero-order chi connectivity index (χ0) is 26.4. The average molecular weight is 508 g/mol. The number of ether oxygens (including phenoxy) is 3. The molecule has 0 aliphatic carbocycles. The number of carbonyl (C=O) groups excluding carboxylic acids is 2. The van der Waals surface area contributed by atoms with Crippen LogP contribution in [-0.2, 0) is 20.7 Å². The van der Waals surface area contributed by atoms with Crippen LogP contribution in [0.15, 0.2) is 42.5 Å². The second kappa shape index (κ2) is 12.1. The lowest BCUT2D eigenvalue weighted by Gasteiger charge is -2.30. The smallest absolute Gasteiger partial charge is 0.309 e. The second-order valence-corrected chi connectivity index (χ2v) is 9.54. The highest BCUT2D eigenvalue weighted by Gasteiger charge is 2.27. The van der Waals surface area contributed by atoms with Gasteiger partial charge in [-0.2, -0.15) is 0 Å². The molecule has 2 heterocycles. The predicted molar refractivity (Wildman–Crippen MR) is 145 cm³/mol. The molecule has 1 saturated heterocycles. The number of esters is 1. The molecule has 2 N–H and O–H groups in total. The van der Waals surface area contributed by atoms with E-state index in [0.717, 1.165) is 55.8 Å². The minimum absolute atomic E-state index is 0.0483. The van der Waals surface area contributed by atoms with Crippen molar-refractivity contribution in [1.82, 2.24) is 4.90 Å². The Morgan fingerprint density at radius 3 is 2.46 bits per heavy atom. The van der Waals surface area contributed by atoms with Crippen molar-refractivity contribution in [1.29, 1.82) is 0 Å². The van der Waals surface area contributed by atoms with Crippen LogP contribution in [0.3, 0.4) is 0 Å². The summed E-state index contributed by atoms with van der Waals surface area (Å²) in [5, 5.41) is 6.37. The number of amides is 1. The predicted octanol–water partition coefficient (Wildman–Crippen LogP) is 4.36. The second-order valence-electron chi connectivity index (χ2n) is 9.54. The molecule has 8 heteroatoms. The first-order chi connectivity index (χ1) is 17.9. The van der Waals surface area contributed by atoms with E-state index in [0.29, 0.717) is 23.7 Å². The molecule has 1 fully saturated rings. The van der Waals surface area contributed by atoms with E-state index in [2.05, 4.69) is 39.8 Å². The Hall–Kier alpha value is -3.52. The molecule has 1 atom stereocenters. The van der Waals surface area contributed by atoms with Crippen LogP contribution in [-0.4, -0.2) is 63.3 Å². The first-order valence-corrected chi connectivity index (χ1v) is 13.0. The summed E-state index contributed by atoms with van der Waals surface area (Å²) in [6, 6.07) is 12.0. The van der Waals surface area contributed by atoms with Crippen molar-refractivity contribution in [3.63, 3.8) is 0 Å². The number of benzene rings is 2. The quantitative estimate of drug-likeness (QED) is 0.365.